The first kappa shape index (κ1) is 26.9. The highest BCUT2D eigenvalue weighted by Crippen LogP contribution is 2.29. The standard InChI is InChI=1S/C26H28F3N3O4/c1-17(2)23-25(36)32(21(14-31(23)16-33)19-11-7-4-8-12-19)15-22(34)30-20(24(35)26(27,28)29)13-18-9-5-3-6-10-18/h3-12,14,16-17,20,23-24,35H,13,15H2,1-2H3,(H,30,34). The average molecular weight is 504 g/mol. The molecule has 2 aromatic carbocycles. The third kappa shape index (κ3) is 6.31. The van der Waals surface area contributed by atoms with Crippen LogP contribution in [0, 0.1) is 5.92 Å². The number of alkyl halides is 3. The topological polar surface area (TPSA) is 89.9 Å². The first-order chi connectivity index (χ1) is 17.0. The van der Waals surface area contributed by atoms with Crippen LogP contribution in [0.1, 0.15) is 25.0 Å². The Balaban J connectivity index is 1.90. The van der Waals surface area contributed by atoms with Crippen LogP contribution in [0.2, 0.25) is 0 Å². The zero-order chi connectivity index (χ0) is 26.5. The number of rotatable bonds is 9. The molecular formula is C26H28F3N3O4. The van der Waals surface area contributed by atoms with E-state index in [9.17, 15) is 32.7 Å². The van der Waals surface area contributed by atoms with Gasteiger partial charge in [0, 0.05) is 6.20 Å². The molecule has 3 unspecified atom stereocenters. The zero-order valence-electron chi connectivity index (χ0n) is 19.9. The van der Waals surface area contributed by atoms with Crippen LogP contribution in [0.5, 0.6) is 0 Å². The maximum absolute atomic E-state index is 13.4. The fraction of sp³-hybridized carbons (Fsp3) is 0.346. The number of amides is 3. The maximum atomic E-state index is 13.4. The number of aliphatic hydroxyl groups is 1. The first-order valence-corrected chi connectivity index (χ1v) is 11.4. The molecule has 10 heteroatoms. The second-order valence-corrected chi connectivity index (χ2v) is 8.90. The summed E-state index contributed by atoms with van der Waals surface area (Å²) in [5.74, 6) is -1.71. The van der Waals surface area contributed by atoms with E-state index in [1.807, 2.05) is 0 Å². The summed E-state index contributed by atoms with van der Waals surface area (Å²) in [5.41, 5.74) is 1.30. The largest absolute Gasteiger partial charge is 0.416 e. The van der Waals surface area contributed by atoms with E-state index >= 15 is 0 Å². The highest BCUT2D eigenvalue weighted by atomic mass is 19.4. The monoisotopic (exact) mass is 503 g/mol. The molecule has 0 saturated carbocycles. The lowest BCUT2D eigenvalue weighted by Gasteiger charge is -2.39. The molecule has 0 saturated heterocycles. The fourth-order valence-corrected chi connectivity index (χ4v) is 4.16. The Morgan fingerprint density at radius 1 is 1.08 bits per heavy atom. The van der Waals surface area contributed by atoms with Crippen LogP contribution in [0.3, 0.4) is 0 Å². The van der Waals surface area contributed by atoms with Crippen molar-refractivity contribution in [2.75, 3.05) is 6.54 Å². The number of carbonyl (C=O) groups excluding carboxylic acids is 3. The van der Waals surface area contributed by atoms with Gasteiger partial charge < -0.3 is 15.3 Å². The minimum atomic E-state index is -4.96. The van der Waals surface area contributed by atoms with Crippen LogP contribution >= 0.6 is 0 Å². The van der Waals surface area contributed by atoms with E-state index in [1.54, 1.807) is 74.5 Å². The molecule has 2 N–H and O–H groups in total. The Bertz CT molecular complexity index is 1090. The number of aliphatic hydroxyl groups excluding tert-OH is 1. The third-order valence-electron chi connectivity index (χ3n) is 5.89. The zero-order valence-corrected chi connectivity index (χ0v) is 19.9. The molecule has 1 aliphatic rings. The molecule has 0 aliphatic carbocycles. The smallest absolute Gasteiger partial charge is 0.382 e. The third-order valence-corrected chi connectivity index (χ3v) is 5.89. The summed E-state index contributed by atoms with van der Waals surface area (Å²) in [6.45, 7) is 2.90. The molecule has 0 bridgehead atoms. The molecule has 36 heavy (non-hydrogen) atoms. The van der Waals surface area contributed by atoms with Crippen LogP contribution in [0.4, 0.5) is 13.2 Å². The molecule has 0 aromatic heterocycles. The van der Waals surface area contributed by atoms with Crippen molar-refractivity contribution in [3.63, 3.8) is 0 Å². The van der Waals surface area contributed by atoms with Gasteiger partial charge in [0.15, 0.2) is 6.10 Å². The van der Waals surface area contributed by atoms with E-state index < -0.39 is 42.7 Å². The molecule has 192 valence electrons. The second kappa shape index (κ2) is 11.4. The van der Waals surface area contributed by atoms with Crippen LogP contribution in [-0.4, -0.2) is 64.0 Å². The van der Waals surface area contributed by atoms with Crippen molar-refractivity contribution < 1.29 is 32.7 Å². The molecule has 7 nitrogen and oxygen atoms in total. The van der Waals surface area contributed by atoms with E-state index in [4.69, 9.17) is 0 Å². The lowest BCUT2D eigenvalue weighted by molar-refractivity contribution is -0.212. The highest BCUT2D eigenvalue weighted by molar-refractivity contribution is 5.97. The molecule has 1 heterocycles. The second-order valence-electron chi connectivity index (χ2n) is 8.90. The van der Waals surface area contributed by atoms with Gasteiger partial charge in [0.25, 0.3) is 5.91 Å². The van der Waals surface area contributed by atoms with Gasteiger partial charge >= 0.3 is 6.18 Å². The summed E-state index contributed by atoms with van der Waals surface area (Å²) in [4.78, 5) is 40.5. The SMILES string of the molecule is CC(C)C1C(=O)N(CC(=O)NC(Cc2ccccc2)C(O)C(F)(F)F)C(c2ccccc2)=CN1C=O. The number of benzene rings is 2. The first-order valence-electron chi connectivity index (χ1n) is 11.4. The molecule has 3 rings (SSSR count). The predicted molar refractivity (Wildman–Crippen MR) is 127 cm³/mol. The maximum Gasteiger partial charge on any atom is 0.416 e. The van der Waals surface area contributed by atoms with Crippen molar-refractivity contribution in [2.24, 2.45) is 5.92 Å². The van der Waals surface area contributed by atoms with Crippen LogP contribution in [0.25, 0.3) is 5.70 Å². The number of hydrogen-bond acceptors (Lipinski definition) is 4. The van der Waals surface area contributed by atoms with Gasteiger partial charge in [0.2, 0.25) is 12.3 Å². The van der Waals surface area contributed by atoms with Crippen molar-refractivity contribution in [3.05, 3.63) is 78.0 Å². The Labute approximate surface area is 207 Å². The molecular weight excluding hydrogens is 475 g/mol. The molecule has 1 aliphatic heterocycles. The van der Waals surface area contributed by atoms with Crippen molar-refractivity contribution in [2.45, 2.75) is 44.6 Å². The molecule has 0 fully saturated rings. The number of nitrogens with one attached hydrogen (secondary N) is 1. The van der Waals surface area contributed by atoms with Gasteiger partial charge in [-0.1, -0.05) is 74.5 Å². The van der Waals surface area contributed by atoms with Crippen molar-refractivity contribution in [1.82, 2.24) is 15.1 Å². The van der Waals surface area contributed by atoms with Crippen molar-refractivity contribution >= 4 is 23.9 Å². The number of hydrogen-bond donors (Lipinski definition) is 2. The van der Waals surface area contributed by atoms with Gasteiger partial charge in [0.1, 0.15) is 12.6 Å². The number of nitrogens with zero attached hydrogens (tertiary/aromatic N) is 2. The summed E-state index contributed by atoms with van der Waals surface area (Å²) in [5, 5.41) is 12.2. The van der Waals surface area contributed by atoms with Gasteiger partial charge in [-0.15, -0.1) is 0 Å². The quantitative estimate of drug-likeness (QED) is 0.515. The summed E-state index contributed by atoms with van der Waals surface area (Å²) < 4.78 is 40.1. The Morgan fingerprint density at radius 3 is 2.19 bits per heavy atom. The summed E-state index contributed by atoms with van der Waals surface area (Å²) in [6.07, 6.45) is -6.06. The summed E-state index contributed by atoms with van der Waals surface area (Å²) in [7, 11) is 0. The minimum absolute atomic E-state index is 0.260. The Kier molecular flexibility index (Phi) is 8.52. The van der Waals surface area contributed by atoms with E-state index in [0.717, 1.165) is 4.90 Å². The van der Waals surface area contributed by atoms with Crippen molar-refractivity contribution in [3.8, 4) is 0 Å². The lowest BCUT2D eigenvalue weighted by Crippen LogP contribution is -2.56. The van der Waals surface area contributed by atoms with E-state index in [0.29, 0.717) is 17.5 Å². The average Bonchev–Trinajstić information content (AvgIpc) is 2.84. The predicted octanol–water partition coefficient (Wildman–Crippen LogP) is 2.96. The molecule has 3 atom stereocenters. The summed E-state index contributed by atoms with van der Waals surface area (Å²) in [6, 6.07) is 14.2. The van der Waals surface area contributed by atoms with E-state index in [2.05, 4.69) is 5.32 Å². The minimum Gasteiger partial charge on any atom is -0.382 e. The van der Waals surface area contributed by atoms with Gasteiger partial charge in [-0.3, -0.25) is 19.3 Å². The fourth-order valence-electron chi connectivity index (χ4n) is 4.16. The Hall–Kier alpha value is -3.66. The van der Waals surface area contributed by atoms with Crippen LogP contribution in [0.15, 0.2) is 66.9 Å². The van der Waals surface area contributed by atoms with Gasteiger partial charge in [-0.05, 0) is 23.5 Å². The lowest BCUT2D eigenvalue weighted by atomic mass is 9.97. The van der Waals surface area contributed by atoms with Gasteiger partial charge in [0.05, 0.1) is 11.7 Å². The number of halogens is 3. The van der Waals surface area contributed by atoms with Gasteiger partial charge in [-0.2, -0.15) is 13.2 Å². The Morgan fingerprint density at radius 2 is 1.67 bits per heavy atom. The molecule has 0 spiro atoms. The van der Waals surface area contributed by atoms with E-state index in [1.165, 1.54) is 11.1 Å². The van der Waals surface area contributed by atoms with Gasteiger partial charge in [-0.25, -0.2) is 0 Å². The molecule has 0 radical (unpaired) electrons. The van der Waals surface area contributed by atoms with Crippen LogP contribution < -0.4 is 5.32 Å². The number of carbonyl (C=O) groups is 3. The normalized spacial score (nSPS) is 18.0. The molecule has 3 amide bonds. The summed E-state index contributed by atoms with van der Waals surface area (Å²) >= 11 is 0. The van der Waals surface area contributed by atoms with Crippen molar-refractivity contribution in [1.29, 1.82) is 0 Å². The molecule has 2 aromatic rings. The van der Waals surface area contributed by atoms with E-state index in [-0.39, 0.29) is 18.0 Å². The van der Waals surface area contributed by atoms with Crippen LogP contribution in [-0.2, 0) is 20.8 Å². The highest BCUT2D eigenvalue weighted by Gasteiger charge is 2.45.